The number of rotatable bonds is 2. The average molecular weight is 252 g/mol. The molecule has 2 saturated heterocycles. The van der Waals surface area contributed by atoms with Crippen LogP contribution in [0.3, 0.4) is 0 Å². The van der Waals surface area contributed by atoms with E-state index in [2.05, 4.69) is 6.92 Å². The fourth-order valence-corrected chi connectivity index (χ4v) is 2.90. The van der Waals surface area contributed by atoms with Gasteiger partial charge in [0.25, 0.3) is 0 Å². The van der Waals surface area contributed by atoms with Gasteiger partial charge in [-0.15, -0.1) is 0 Å². The molecule has 0 aromatic heterocycles. The lowest BCUT2D eigenvalue weighted by molar-refractivity contribution is -0.137. The van der Waals surface area contributed by atoms with Crippen molar-refractivity contribution in [2.45, 2.75) is 39.5 Å². The third-order valence-electron chi connectivity index (χ3n) is 4.29. The highest BCUT2D eigenvalue weighted by Crippen LogP contribution is 2.23. The molecule has 0 spiro atoms. The lowest BCUT2D eigenvalue weighted by Crippen LogP contribution is -2.42. The molecule has 2 amide bonds. The number of piperidine rings is 1. The molecule has 0 saturated carbocycles. The zero-order valence-corrected chi connectivity index (χ0v) is 11.5. The first kappa shape index (κ1) is 13.4. The summed E-state index contributed by atoms with van der Waals surface area (Å²) in [5, 5.41) is 0. The number of likely N-dealkylation sites (tertiary alicyclic amines) is 2. The summed E-state index contributed by atoms with van der Waals surface area (Å²) >= 11 is 0. The first-order valence-corrected chi connectivity index (χ1v) is 7.18. The molecule has 0 radical (unpaired) electrons. The molecule has 1 unspecified atom stereocenters. The highest BCUT2D eigenvalue weighted by Gasteiger charge is 2.33. The number of hydrogen-bond acceptors (Lipinski definition) is 2. The first-order chi connectivity index (χ1) is 8.61. The first-order valence-electron chi connectivity index (χ1n) is 7.18. The Kier molecular flexibility index (Phi) is 4.25. The van der Waals surface area contributed by atoms with Crippen LogP contribution in [0.25, 0.3) is 0 Å². The molecule has 2 aliphatic rings. The molecule has 102 valence electrons. The second-order valence-corrected chi connectivity index (χ2v) is 5.69. The summed E-state index contributed by atoms with van der Waals surface area (Å²) in [5.41, 5.74) is 0. The third-order valence-corrected chi connectivity index (χ3v) is 4.29. The zero-order valence-electron chi connectivity index (χ0n) is 11.5. The van der Waals surface area contributed by atoms with Crippen molar-refractivity contribution in [2.75, 3.05) is 26.2 Å². The molecule has 2 aliphatic heterocycles. The van der Waals surface area contributed by atoms with Gasteiger partial charge in [0.2, 0.25) is 11.8 Å². The van der Waals surface area contributed by atoms with Crippen LogP contribution in [0.4, 0.5) is 0 Å². The van der Waals surface area contributed by atoms with E-state index < -0.39 is 0 Å². The van der Waals surface area contributed by atoms with Gasteiger partial charge in [-0.2, -0.15) is 0 Å². The fourth-order valence-electron chi connectivity index (χ4n) is 2.90. The molecule has 18 heavy (non-hydrogen) atoms. The van der Waals surface area contributed by atoms with E-state index in [1.807, 2.05) is 16.7 Å². The number of amides is 2. The largest absolute Gasteiger partial charge is 0.342 e. The van der Waals surface area contributed by atoms with Crippen LogP contribution >= 0.6 is 0 Å². The van der Waals surface area contributed by atoms with Crippen LogP contribution < -0.4 is 0 Å². The predicted octanol–water partition coefficient (Wildman–Crippen LogP) is 1.50. The Labute approximate surface area is 109 Å². The van der Waals surface area contributed by atoms with Crippen molar-refractivity contribution in [2.24, 2.45) is 11.8 Å². The minimum atomic E-state index is 0.0499. The van der Waals surface area contributed by atoms with Crippen molar-refractivity contribution < 1.29 is 9.59 Å². The summed E-state index contributed by atoms with van der Waals surface area (Å²) in [4.78, 5) is 27.8. The molecule has 2 heterocycles. The Morgan fingerprint density at radius 2 is 1.67 bits per heavy atom. The molecule has 2 fully saturated rings. The minimum Gasteiger partial charge on any atom is -0.342 e. The van der Waals surface area contributed by atoms with E-state index in [1.54, 1.807) is 0 Å². The van der Waals surface area contributed by atoms with Crippen LogP contribution in [-0.2, 0) is 9.59 Å². The van der Waals surface area contributed by atoms with Gasteiger partial charge in [-0.25, -0.2) is 0 Å². The number of carbonyl (C=O) groups excluding carboxylic acids is 2. The van der Waals surface area contributed by atoms with Gasteiger partial charge in [0.05, 0.1) is 5.92 Å². The molecule has 0 aromatic carbocycles. The van der Waals surface area contributed by atoms with Crippen molar-refractivity contribution in [1.82, 2.24) is 9.80 Å². The van der Waals surface area contributed by atoms with Gasteiger partial charge in [0, 0.05) is 32.6 Å². The predicted molar refractivity (Wildman–Crippen MR) is 70.0 cm³/mol. The van der Waals surface area contributed by atoms with E-state index in [-0.39, 0.29) is 17.7 Å². The van der Waals surface area contributed by atoms with Crippen molar-refractivity contribution in [1.29, 1.82) is 0 Å². The number of nitrogens with zero attached hydrogens (tertiary/aromatic N) is 2. The highest BCUT2D eigenvalue weighted by atomic mass is 16.2. The van der Waals surface area contributed by atoms with E-state index in [1.165, 1.54) is 0 Å². The van der Waals surface area contributed by atoms with Gasteiger partial charge in [0.15, 0.2) is 0 Å². The van der Waals surface area contributed by atoms with Crippen molar-refractivity contribution in [3.8, 4) is 0 Å². The van der Waals surface area contributed by atoms with Gasteiger partial charge >= 0.3 is 0 Å². The van der Waals surface area contributed by atoms with Crippen LogP contribution in [0.2, 0.25) is 0 Å². The smallest absolute Gasteiger partial charge is 0.227 e. The van der Waals surface area contributed by atoms with Crippen LogP contribution in [-0.4, -0.2) is 47.8 Å². The zero-order chi connectivity index (χ0) is 13.1. The van der Waals surface area contributed by atoms with Crippen LogP contribution in [0.15, 0.2) is 0 Å². The Balaban J connectivity index is 1.85. The van der Waals surface area contributed by atoms with Gasteiger partial charge < -0.3 is 9.80 Å². The summed E-state index contributed by atoms with van der Waals surface area (Å²) in [6, 6.07) is 0. The lowest BCUT2D eigenvalue weighted by Gasteiger charge is -2.32. The summed E-state index contributed by atoms with van der Waals surface area (Å²) in [5.74, 6) is 1.25. The molecule has 2 rings (SSSR count). The lowest BCUT2D eigenvalue weighted by atomic mass is 9.97. The van der Waals surface area contributed by atoms with Crippen LogP contribution in [0.1, 0.15) is 39.5 Å². The molecule has 1 atom stereocenters. The van der Waals surface area contributed by atoms with Crippen molar-refractivity contribution in [3.05, 3.63) is 0 Å². The molecular weight excluding hydrogens is 228 g/mol. The molecule has 0 N–H and O–H groups in total. The van der Waals surface area contributed by atoms with Crippen molar-refractivity contribution >= 4 is 11.8 Å². The van der Waals surface area contributed by atoms with E-state index in [0.717, 1.165) is 44.8 Å². The van der Waals surface area contributed by atoms with Crippen molar-refractivity contribution in [3.63, 3.8) is 0 Å². The summed E-state index contributed by atoms with van der Waals surface area (Å²) < 4.78 is 0. The Morgan fingerprint density at radius 1 is 1.06 bits per heavy atom. The molecule has 0 aromatic rings. The maximum Gasteiger partial charge on any atom is 0.227 e. The third kappa shape index (κ3) is 2.85. The van der Waals surface area contributed by atoms with Gasteiger partial charge in [-0.05, 0) is 25.2 Å². The Hall–Kier alpha value is -1.06. The Bertz CT molecular complexity index is 322. The minimum absolute atomic E-state index is 0.0499. The van der Waals surface area contributed by atoms with Gasteiger partial charge in [-0.1, -0.05) is 13.8 Å². The molecule has 4 nitrogen and oxygen atoms in total. The normalized spacial score (nSPS) is 25.6. The van der Waals surface area contributed by atoms with Crippen LogP contribution in [0, 0.1) is 11.8 Å². The summed E-state index contributed by atoms with van der Waals surface area (Å²) in [7, 11) is 0. The average Bonchev–Trinajstić information content (AvgIpc) is 2.87. The summed E-state index contributed by atoms with van der Waals surface area (Å²) in [6.45, 7) is 7.32. The highest BCUT2D eigenvalue weighted by molar-refractivity contribution is 5.82. The summed E-state index contributed by atoms with van der Waals surface area (Å²) in [6.07, 6.45) is 3.63. The standard InChI is InChI=1S/C14H24N2O2/c1-3-13(17)16-9-6-12(10-16)14(18)15-7-4-11(2)5-8-15/h11-12H,3-10H2,1-2H3. The SMILES string of the molecule is CCC(=O)N1CCC(C(=O)N2CCC(C)CC2)C1. The molecule has 0 aliphatic carbocycles. The van der Waals surface area contributed by atoms with E-state index >= 15 is 0 Å². The van der Waals surface area contributed by atoms with Crippen LogP contribution in [0.5, 0.6) is 0 Å². The van der Waals surface area contributed by atoms with E-state index in [4.69, 9.17) is 0 Å². The van der Waals surface area contributed by atoms with Gasteiger partial charge in [0.1, 0.15) is 0 Å². The monoisotopic (exact) mass is 252 g/mol. The second kappa shape index (κ2) is 5.72. The topological polar surface area (TPSA) is 40.6 Å². The fraction of sp³-hybridized carbons (Fsp3) is 0.857. The van der Waals surface area contributed by atoms with Gasteiger partial charge in [-0.3, -0.25) is 9.59 Å². The van der Waals surface area contributed by atoms with E-state index in [9.17, 15) is 9.59 Å². The number of carbonyl (C=O) groups is 2. The number of hydrogen-bond donors (Lipinski definition) is 0. The van der Waals surface area contributed by atoms with E-state index in [0.29, 0.717) is 13.0 Å². The molecular formula is C14H24N2O2. The quantitative estimate of drug-likeness (QED) is 0.747. The Morgan fingerprint density at radius 3 is 2.28 bits per heavy atom. The maximum atomic E-state index is 12.4. The molecule has 0 bridgehead atoms. The second-order valence-electron chi connectivity index (χ2n) is 5.69. The maximum absolute atomic E-state index is 12.4. The molecule has 4 heteroatoms.